The molecular formula is C12H13F2NO2. The topological polar surface area (TPSA) is 40.5 Å². The summed E-state index contributed by atoms with van der Waals surface area (Å²) >= 11 is 0. The van der Waals surface area contributed by atoms with Gasteiger partial charge in [0.05, 0.1) is 6.54 Å². The van der Waals surface area contributed by atoms with Gasteiger partial charge in [0, 0.05) is 12.6 Å². The minimum atomic E-state index is -0.903. The Hall–Kier alpha value is -1.49. The van der Waals surface area contributed by atoms with Gasteiger partial charge >= 0.3 is 5.97 Å². The first-order chi connectivity index (χ1) is 8.06. The van der Waals surface area contributed by atoms with E-state index in [9.17, 15) is 13.6 Å². The van der Waals surface area contributed by atoms with Gasteiger partial charge in [-0.1, -0.05) is 6.07 Å². The van der Waals surface area contributed by atoms with Crippen LogP contribution in [0.2, 0.25) is 0 Å². The molecule has 0 heterocycles. The van der Waals surface area contributed by atoms with Gasteiger partial charge in [0.1, 0.15) is 0 Å². The maximum Gasteiger partial charge on any atom is 0.317 e. The number of benzene rings is 1. The quantitative estimate of drug-likeness (QED) is 0.857. The summed E-state index contributed by atoms with van der Waals surface area (Å²) in [7, 11) is 0. The molecule has 3 nitrogen and oxygen atoms in total. The number of aliphatic carboxylic acids is 1. The number of rotatable bonds is 5. The minimum Gasteiger partial charge on any atom is -0.480 e. The summed E-state index contributed by atoms with van der Waals surface area (Å²) in [5, 5.41) is 8.76. The second kappa shape index (κ2) is 4.79. The van der Waals surface area contributed by atoms with Crippen LogP contribution in [0.1, 0.15) is 18.4 Å². The molecule has 0 spiro atoms. The number of hydrogen-bond acceptors (Lipinski definition) is 2. The molecule has 92 valence electrons. The summed E-state index contributed by atoms with van der Waals surface area (Å²) in [5.41, 5.74) is 0.594. The predicted octanol–water partition coefficient (Wildman–Crippen LogP) is 2.01. The normalized spacial score (nSPS) is 15.2. The van der Waals surface area contributed by atoms with Crippen molar-refractivity contribution < 1.29 is 18.7 Å². The molecule has 1 aliphatic carbocycles. The molecule has 0 bridgehead atoms. The molecule has 0 aliphatic heterocycles. The molecule has 1 fully saturated rings. The van der Waals surface area contributed by atoms with E-state index in [1.165, 1.54) is 6.07 Å². The first-order valence-electron chi connectivity index (χ1n) is 5.46. The number of carbonyl (C=O) groups is 1. The van der Waals surface area contributed by atoms with Crippen LogP contribution in [-0.2, 0) is 11.3 Å². The lowest BCUT2D eigenvalue weighted by molar-refractivity contribution is -0.138. The number of nitrogens with zero attached hydrogens (tertiary/aromatic N) is 1. The van der Waals surface area contributed by atoms with Crippen molar-refractivity contribution in [1.29, 1.82) is 0 Å². The van der Waals surface area contributed by atoms with Crippen molar-refractivity contribution in [2.75, 3.05) is 6.54 Å². The smallest absolute Gasteiger partial charge is 0.317 e. The Morgan fingerprint density at radius 1 is 1.35 bits per heavy atom. The van der Waals surface area contributed by atoms with Crippen molar-refractivity contribution >= 4 is 5.97 Å². The fourth-order valence-electron chi connectivity index (χ4n) is 1.80. The summed E-state index contributed by atoms with van der Waals surface area (Å²) in [5.74, 6) is -2.68. The van der Waals surface area contributed by atoms with E-state index in [0.717, 1.165) is 25.0 Å². The number of hydrogen-bond donors (Lipinski definition) is 1. The second-order valence-corrected chi connectivity index (χ2v) is 4.28. The van der Waals surface area contributed by atoms with Gasteiger partial charge in [-0.3, -0.25) is 9.69 Å². The van der Waals surface area contributed by atoms with Crippen LogP contribution in [0.15, 0.2) is 18.2 Å². The Kier molecular flexibility index (Phi) is 3.38. The summed E-state index contributed by atoms with van der Waals surface area (Å²) in [6.07, 6.45) is 1.94. The van der Waals surface area contributed by atoms with Gasteiger partial charge in [-0.15, -0.1) is 0 Å². The van der Waals surface area contributed by atoms with Gasteiger partial charge < -0.3 is 5.11 Å². The molecule has 0 amide bonds. The zero-order chi connectivity index (χ0) is 12.4. The standard InChI is InChI=1S/C12H13F2NO2/c13-10-4-1-8(5-11(10)14)6-15(7-12(16)17)9-2-3-9/h1,4-5,9H,2-3,6-7H2,(H,16,17). The third-order valence-corrected chi connectivity index (χ3v) is 2.77. The van der Waals surface area contributed by atoms with E-state index in [1.54, 1.807) is 4.90 Å². The number of carboxylic acid groups (broad SMARTS) is 1. The monoisotopic (exact) mass is 241 g/mol. The molecule has 0 atom stereocenters. The Morgan fingerprint density at radius 2 is 2.06 bits per heavy atom. The van der Waals surface area contributed by atoms with Crippen LogP contribution in [0.5, 0.6) is 0 Å². The van der Waals surface area contributed by atoms with Crippen LogP contribution in [0.3, 0.4) is 0 Å². The molecule has 0 saturated heterocycles. The van der Waals surface area contributed by atoms with E-state index in [0.29, 0.717) is 12.1 Å². The first kappa shape index (κ1) is 12.0. The summed E-state index contributed by atoms with van der Waals surface area (Å²) in [6.45, 7) is 0.276. The van der Waals surface area contributed by atoms with Crippen molar-refractivity contribution in [2.24, 2.45) is 0 Å². The Morgan fingerprint density at radius 3 is 2.59 bits per heavy atom. The fraction of sp³-hybridized carbons (Fsp3) is 0.417. The Balaban J connectivity index is 2.06. The highest BCUT2D eigenvalue weighted by atomic mass is 19.2. The third kappa shape index (κ3) is 3.23. The zero-order valence-electron chi connectivity index (χ0n) is 9.20. The first-order valence-corrected chi connectivity index (χ1v) is 5.46. The molecule has 1 aromatic carbocycles. The predicted molar refractivity (Wildman–Crippen MR) is 57.4 cm³/mol. The fourth-order valence-corrected chi connectivity index (χ4v) is 1.80. The lowest BCUT2D eigenvalue weighted by Gasteiger charge is -2.19. The summed E-state index contributed by atoms with van der Waals surface area (Å²) in [4.78, 5) is 12.5. The van der Waals surface area contributed by atoms with Gasteiger partial charge in [0.15, 0.2) is 11.6 Å². The lowest BCUT2D eigenvalue weighted by Crippen LogP contribution is -2.31. The van der Waals surface area contributed by atoms with E-state index in [-0.39, 0.29) is 12.6 Å². The van der Waals surface area contributed by atoms with Gasteiger partial charge in [0.2, 0.25) is 0 Å². The number of halogens is 2. The molecule has 1 aromatic rings. The molecule has 1 aliphatic rings. The van der Waals surface area contributed by atoms with Crippen LogP contribution in [0.4, 0.5) is 8.78 Å². The molecule has 0 aromatic heterocycles. The molecule has 17 heavy (non-hydrogen) atoms. The molecule has 0 radical (unpaired) electrons. The van der Waals surface area contributed by atoms with Crippen molar-refractivity contribution in [2.45, 2.75) is 25.4 Å². The summed E-state index contributed by atoms with van der Waals surface area (Å²) in [6, 6.07) is 3.93. The van der Waals surface area contributed by atoms with Crippen LogP contribution < -0.4 is 0 Å². The van der Waals surface area contributed by atoms with Crippen molar-refractivity contribution in [1.82, 2.24) is 4.90 Å². The average Bonchev–Trinajstić information content (AvgIpc) is 3.05. The molecular weight excluding hydrogens is 228 g/mol. The number of carboxylic acids is 1. The van der Waals surface area contributed by atoms with Crippen LogP contribution in [-0.4, -0.2) is 28.6 Å². The Labute approximate surface area is 97.7 Å². The molecule has 1 N–H and O–H groups in total. The zero-order valence-corrected chi connectivity index (χ0v) is 9.20. The van der Waals surface area contributed by atoms with Gasteiger partial charge in [-0.2, -0.15) is 0 Å². The second-order valence-electron chi connectivity index (χ2n) is 4.28. The van der Waals surface area contributed by atoms with E-state index < -0.39 is 17.6 Å². The summed E-state index contributed by atoms with van der Waals surface area (Å²) < 4.78 is 25.7. The van der Waals surface area contributed by atoms with E-state index >= 15 is 0 Å². The van der Waals surface area contributed by atoms with Gasteiger partial charge in [-0.25, -0.2) is 8.78 Å². The van der Waals surface area contributed by atoms with E-state index in [2.05, 4.69) is 0 Å². The van der Waals surface area contributed by atoms with Crippen LogP contribution >= 0.6 is 0 Å². The van der Waals surface area contributed by atoms with Crippen molar-refractivity contribution in [3.05, 3.63) is 35.4 Å². The Bertz CT molecular complexity index is 433. The van der Waals surface area contributed by atoms with Gasteiger partial charge in [0.25, 0.3) is 0 Å². The average molecular weight is 241 g/mol. The largest absolute Gasteiger partial charge is 0.480 e. The maximum absolute atomic E-state index is 13.0. The highest BCUT2D eigenvalue weighted by molar-refractivity contribution is 5.69. The van der Waals surface area contributed by atoms with E-state index in [4.69, 9.17) is 5.11 Å². The van der Waals surface area contributed by atoms with E-state index in [1.807, 2.05) is 0 Å². The third-order valence-electron chi connectivity index (χ3n) is 2.77. The SMILES string of the molecule is O=C(O)CN(Cc1ccc(F)c(F)c1)C1CC1. The highest BCUT2D eigenvalue weighted by Gasteiger charge is 2.30. The van der Waals surface area contributed by atoms with Crippen LogP contribution in [0, 0.1) is 11.6 Å². The van der Waals surface area contributed by atoms with Crippen molar-refractivity contribution in [3.8, 4) is 0 Å². The van der Waals surface area contributed by atoms with Crippen LogP contribution in [0.25, 0.3) is 0 Å². The minimum absolute atomic E-state index is 0.0658. The highest BCUT2D eigenvalue weighted by Crippen LogP contribution is 2.28. The molecule has 2 rings (SSSR count). The molecule has 1 saturated carbocycles. The molecule has 0 unspecified atom stereocenters. The van der Waals surface area contributed by atoms with Crippen molar-refractivity contribution in [3.63, 3.8) is 0 Å². The lowest BCUT2D eigenvalue weighted by atomic mass is 10.2. The maximum atomic E-state index is 13.0. The van der Waals surface area contributed by atoms with Gasteiger partial charge in [-0.05, 0) is 30.5 Å². The molecule has 5 heteroatoms.